The van der Waals surface area contributed by atoms with Crippen LogP contribution < -0.4 is 0 Å². The second-order valence-corrected chi connectivity index (χ2v) is 10.4. The van der Waals surface area contributed by atoms with Crippen LogP contribution in [-0.4, -0.2) is 27.9 Å². The molecule has 0 amide bonds. The molecule has 0 aromatic heterocycles. The van der Waals surface area contributed by atoms with Crippen molar-refractivity contribution in [2.24, 2.45) is 23.7 Å². The summed E-state index contributed by atoms with van der Waals surface area (Å²) in [6.07, 6.45) is 18.4. The van der Waals surface area contributed by atoms with Crippen LogP contribution >= 0.6 is 0 Å². The van der Waals surface area contributed by atoms with Gasteiger partial charge < -0.3 is 5.11 Å². The molecule has 0 aromatic rings. The molecule has 0 aliphatic heterocycles. The smallest absolute Gasteiger partial charge is 0.136 e. The molecule has 174 valence electrons. The number of Topliss-reactive ketones (excluding diaryl/α,β-unsaturated/α-hetero) is 1. The van der Waals surface area contributed by atoms with E-state index >= 15 is 0 Å². The minimum atomic E-state index is -0.528. The third-order valence-corrected chi connectivity index (χ3v) is 7.63. The van der Waals surface area contributed by atoms with Crippen LogP contribution in [0.3, 0.4) is 0 Å². The van der Waals surface area contributed by atoms with E-state index in [4.69, 9.17) is 5.26 Å². The number of hydrogen-bond acceptors (Lipinski definition) is 4. The summed E-state index contributed by atoms with van der Waals surface area (Å²) in [4.78, 5) is 17.2. The Morgan fingerprint density at radius 3 is 2.63 bits per heavy atom. The fourth-order valence-electron chi connectivity index (χ4n) is 5.71. The van der Waals surface area contributed by atoms with Crippen molar-refractivity contribution >= 4 is 5.78 Å². The molecular formula is C26H46O4. The van der Waals surface area contributed by atoms with E-state index in [1.807, 2.05) is 0 Å². The lowest BCUT2D eigenvalue weighted by atomic mass is 9.69. The second-order valence-electron chi connectivity index (χ2n) is 10.4. The molecule has 30 heavy (non-hydrogen) atoms. The normalized spacial score (nSPS) is 30.3. The van der Waals surface area contributed by atoms with E-state index in [0.29, 0.717) is 30.0 Å². The van der Waals surface area contributed by atoms with Crippen LogP contribution in [0.5, 0.6) is 0 Å². The van der Waals surface area contributed by atoms with Crippen molar-refractivity contribution in [1.29, 1.82) is 0 Å². The summed E-state index contributed by atoms with van der Waals surface area (Å²) < 4.78 is 0. The van der Waals surface area contributed by atoms with Gasteiger partial charge in [0.15, 0.2) is 0 Å². The highest BCUT2D eigenvalue weighted by Crippen LogP contribution is 2.49. The van der Waals surface area contributed by atoms with Gasteiger partial charge in [-0.05, 0) is 69.1 Å². The van der Waals surface area contributed by atoms with E-state index in [1.165, 1.54) is 25.7 Å². The third-order valence-electron chi connectivity index (χ3n) is 7.63. The van der Waals surface area contributed by atoms with Gasteiger partial charge in [-0.1, -0.05) is 65.0 Å². The van der Waals surface area contributed by atoms with Gasteiger partial charge >= 0.3 is 0 Å². The molecule has 4 nitrogen and oxygen atoms in total. The number of ketones is 1. The molecule has 5 atom stereocenters. The molecule has 1 unspecified atom stereocenters. The number of aliphatic hydroxyl groups is 1. The van der Waals surface area contributed by atoms with Gasteiger partial charge in [0.2, 0.25) is 0 Å². The predicted molar refractivity (Wildman–Crippen MR) is 122 cm³/mol. The Bertz CT molecular complexity index is 529. The molecule has 2 aliphatic rings. The first-order chi connectivity index (χ1) is 14.4. The number of carbonyl (C=O) groups excluding carboxylic acids is 1. The standard InChI is InChI=1S/C26H46O4/c1-4-5-6-9-12-16-26(28)17-15-22-21(19-26)18-24(27)23(22)13-10-7-8-11-14-25(30-29)20(2)3/h7,10,20-23,25,28-29H,4-6,8-9,11-19H2,1-3H3/b10-7-/t21-,22-,23+,25?,26+/m0/s1. The number of rotatable bonds is 14. The zero-order valence-electron chi connectivity index (χ0n) is 19.7. The van der Waals surface area contributed by atoms with E-state index in [-0.39, 0.29) is 12.0 Å². The van der Waals surface area contributed by atoms with Crippen LogP contribution in [-0.2, 0) is 9.68 Å². The van der Waals surface area contributed by atoms with Crippen molar-refractivity contribution < 1.29 is 20.0 Å². The Morgan fingerprint density at radius 2 is 1.93 bits per heavy atom. The van der Waals surface area contributed by atoms with E-state index in [1.54, 1.807) is 0 Å². The fraction of sp³-hybridized carbons (Fsp3) is 0.885. The number of carbonyl (C=O) groups is 1. The summed E-state index contributed by atoms with van der Waals surface area (Å²) in [6, 6.07) is 0. The maximum Gasteiger partial charge on any atom is 0.136 e. The molecule has 0 heterocycles. The number of allylic oxidation sites excluding steroid dienone is 2. The molecule has 2 saturated carbocycles. The third kappa shape index (κ3) is 7.76. The lowest BCUT2D eigenvalue weighted by Gasteiger charge is -2.40. The summed E-state index contributed by atoms with van der Waals surface area (Å²) in [5, 5.41) is 20.0. The highest BCUT2D eigenvalue weighted by Gasteiger charge is 2.48. The largest absolute Gasteiger partial charge is 0.390 e. The molecular weight excluding hydrogens is 376 g/mol. The van der Waals surface area contributed by atoms with Crippen LogP contribution in [0, 0.1) is 23.7 Å². The second kappa shape index (κ2) is 13.0. The van der Waals surface area contributed by atoms with Crippen LogP contribution in [0.1, 0.15) is 111 Å². The zero-order valence-corrected chi connectivity index (χ0v) is 19.7. The first-order valence-corrected chi connectivity index (χ1v) is 12.6. The molecule has 0 bridgehead atoms. The molecule has 0 radical (unpaired) electrons. The van der Waals surface area contributed by atoms with E-state index in [2.05, 4.69) is 37.8 Å². The van der Waals surface area contributed by atoms with Crippen LogP contribution in [0.15, 0.2) is 12.2 Å². The van der Waals surface area contributed by atoms with Crippen LogP contribution in [0.4, 0.5) is 0 Å². The molecule has 0 spiro atoms. The Kier molecular flexibility index (Phi) is 11.1. The van der Waals surface area contributed by atoms with Crippen molar-refractivity contribution in [3.05, 3.63) is 12.2 Å². The van der Waals surface area contributed by atoms with Crippen molar-refractivity contribution in [2.45, 2.75) is 122 Å². The van der Waals surface area contributed by atoms with Gasteiger partial charge in [-0.2, -0.15) is 0 Å². The van der Waals surface area contributed by atoms with Gasteiger partial charge in [0, 0.05) is 12.3 Å². The van der Waals surface area contributed by atoms with Crippen molar-refractivity contribution in [2.75, 3.05) is 0 Å². The van der Waals surface area contributed by atoms with Gasteiger partial charge in [0.25, 0.3) is 0 Å². The Morgan fingerprint density at radius 1 is 1.17 bits per heavy atom. The van der Waals surface area contributed by atoms with Gasteiger partial charge in [0.05, 0.1) is 11.7 Å². The molecule has 0 aromatic carbocycles. The monoisotopic (exact) mass is 422 g/mol. The quantitative estimate of drug-likeness (QED) is 0.141. The number of hydrogen-bond donors (Lipinski definition) is 2. The van der Waals surface area contributed by atoms with Gasteiger partial charge in [-0.3, -0.25) is 10.1 Å². The van der Waals surface area contributed by atoms with Crippen LogP contribution in [0.2, 0.25) is 0 Å². The highest BCUT2D eigenvalue weighted by molar-refractivity contribution is 5.84. The van der Waals surface area contributed by atoms with Gasteiger partial charge in [-0.15, -0.1) is 0 Å². The summed E-state index contributed by atoms with van der Waals surface area (Å²) in [7, 11) is 0. The van der Waals surface area contributed by atoms with E-state index < -0.39 is 5.60 Å². The Hall–Kier alpha value is -0.710. The average molecular weight is 423 g/mol. The van der Waals surface area contributed by atoms with E-state index in [9.17, 15) is 9.90 Å². The summed E-state index contributed by atoms with van der Waals surface area (Å²) >= 11 is 0. The summed E-state index contributed by atoms with van der Waals surface area (Å²) in [5.74, 6) is 1.74. The lowest BCUT2D eigenvalue weighted by molar-refractivity contribution is -0.289. The van der Waals surface area contributed by atoms with Gasteiger partial charge in [-0.25, -0.2) is 4.89 Å². The summed E-state index contributed by atoms with van der Waals surface area (Å²) in [6.45, 7) is 6.33. The molecule has 4 heteroatoms. The topological polar surface area (TPSA) is 66.8 Å². The zero-order chi connectivity index (χ0) is 22.0. The average Bonchev–Trinajstić information content (AvgIpc) is 3.00. The maximum atomic E-state index is 12.6. The highest BCUT2D eigenvalue weighted by atomic mass is 17.1. The lowest BCUT2D eigenvalue weighted by Crippen LogP contribution is -2.38. The van der Waals surface area contributed by atoms with Crippen molar-refractivity contribution in [1.82, 2.24) is 0 Å². The first kappa shape index (κ1) is 25.5. The van der Waals surface area contributed by atoms with Crippen LogP contribution in [0.25, 0.3) is 0 Å². The SMILES string of the molecule is CCCCCCC[C@@]1(O)CC[C@H]2[C@@H](CC(=O)[C@@H]2C/C=C\CCCC(OO)C(C)C)C1. The fourth-order valence-corrected chi connectivity index (χ4v) is 5.71. The minimum absolute atomic E-state index is 0.0943. The molecule has 2 fully saturated rings. The molecule has 2 rings (SSSR count). The Labute approximate surface area is 184 Å². The van der Waals surface area contributed by atoms with Crippen molar-refractivity contribution in [3.8, 4) is 0 Å². The van der Waals surface area contributed by atoms with Gasteiger partial charge in [0.1, 0.15) is 5.78 Å². The predicted octanol–water partition coefficient (Wildman–Crippen LogP) is 6.71. The van der Waals surface area contributed by atoms with E-state index in [0.717, 1.165) is 57.8 Å². The minimum Gasteiger partial charge on any atom is -0.390 e. The summed E-state index contributed by atoms with van der Waals surface area (Å²) in [5.41, 5.74) is -0.528. The first-order valence-electron chi connectivity index (χ1n) is 12.6. The Balaban J connectivity index is 1.72. The number of fused-ring (bicyclic) bond motifs is 1. The maximum absolute atomic E-state index is 12.6. The molecule has 0 saturated heterocycles. The number of unbranched alkanes of at least 4 members (excludes halogenated alkanes) is 5. The molecule has 2 aliphatic carbocycles. The van der Waals surface area contributed by atoms with Crippen molar-refractivity contribution in [3.63, 3.8) is 0 Å². The molecule has 2 N–H and O–H groups in total.